The zero-order valence-corrected chi connectivity index (χ0v) is 18.8. The van der Waals surface area contributed by atoms with Crippen molar-refractivity contribution in [3.05, 3.63) is 0 Å². The van der Waals surface area contributed by atoms with Crippen LogP contribution in [-0.2, 0) is 23.9 Å². The Morgan fingerprint density at radius 1 is 0.967 bits per heavy atom. The number of fused-ring (bicyclic) bond motifs is 3. The Hall–Kier alpha value is -1.59. The molecule has 4 fully saturated rings. The molecule has 0 aromatic carbocycles. The fourth-order valence-corrected chi connectivity index (χ4v) is 8.68. The zero-order chi connectivity index (χ0) is 21.9. The second kappa shape index (κ2) is 6.96. The average Bonchev–Trinajstić information content (AvgIpc) is 2.86. The van der Waals surface area contributed by atoms with Gasteiger partial charge < -0.3 is 14.6 Å². The van der Waals surface area contributed by atoms with Gasteiger partial charge in [0.15, 0.2) is 0 Å². The van der Waals surface area contributed by atoms with Gasteiger partial charge in [-0.3, -0.25) is 14.4 Å². The number of carboxylic acids is 1. The van der Waals surface area contributed by atoms with Gasteiger partial charge in [-0.2, -0.15) is 0 Å². The number of carbonyl (C=O) groups is 3. The Kier molecular flexibility index (Phi) is 5.02. The maximum Gasteiger partial charge on any atom is 0.309 e. The molecule has 6 heteroatoms. The van der Waals surface area contributed by atoms with Crippen LogP contribution in [0.15, 0.2) is 0 Å². The largest absolute Gasteiger partial charge is 0.481 e. The van der Waals surface area contributed by atoms with Gasteiger partial charge in [-0.05, 0) is 81.0 Å². The van der Waals surface area contributed by atoms with Crippen molar-refractivity contribution < 1.29 is 29.0 Å². The van der Waals surface area contributed by atoms with Crippen molar-refractivity contribution in [3.8, 4) is 0 Å². The Morgan fingerprint density at radius 3 is 2.33 bits per heavy atom. The van der Waals surface area contributed by atoms with Crippen molar-refractivity contribution in [2.75, 3.05) is 6.61 Å². The monoisotopic (exact) mass is 420 g/mol. The van der Waals surface area contributed by atoms with Gasteiger partial charge in [0.05, 0.1) is 5.41 Å². The fraction of sp³-hybridized carbons (Fsp3) is 0.875. The summed E-state index contributed by atoms with van der Waals surface area (Å²) in [6.45, 7) is 7.25. The molecule has 0 saturated heterocycles. The van der Waals surface area contributed by atoms with Gasteiger partial charge in [0.25, 0.3) is 0 Å². The zero-order valence-electron chi connectivity index (χ0n) is 18.8. The molecule has 0 heterocycles. The molecular formula is C24H36O6. The van der Waals surface area contributed by atoms with Crippen LogP contribution in [0.3, 0.4) is 0 Å². The molecular weight excluding hydrogens is 384 g/mol. The third kappa shape index (κ3) is 3.00. The van der Waals surface area contributed by atoms with Crippen LogP contribution < -0.4 is 0 Å². The molecule has 7 atom stereocenters. The minimum absolute atomic E-state index is 0.0116. The molecule has 1 spiro atoms. The van der Waals surface area contributed by atoms with E-state index >= 15 is 0 Å². The first-order chi connectivity index (χ1) is 14.0. The van der Waals surface area contributed by atoms with E-state index < -0.39 is 17.0 Å². The maximum atomic E-state index is 12.3. The van der Waals surface area contributed by atoms with Gasteiger partial charge in [-0.25, -0.2) is 0 Å². The first-order valence-electron chi connectivity index (χ1n) is 11.5. The average molecular weight is 421 g/mol. The second-order valence-electron chi connectivity index (χ2n) is 11.2. The molecule has 0 unspecified atom stereocenters. The van der Waals surface area contributed by atoms with Crippen molar-refractivity contribution in [2.24, 2.45) is 34.0 Å². The van der Waals surface area contributed by atoms with E-state index in [9.17, 15) is 19.5 Å². The number of hydrogen-bond donors (Lipinski definition) is 1. The highest BCUT2D eigenvalue weighted by atomic mass is 16.6. The highest BCUT2D eigenvalue weighted by Crippen LogP contribution is 2.73. The molecule has 0 aromatic rings. The van der Waals surface area contributed by atoms with Crippen molar-refractivity contribution in [1.82, 2.24) is 0 Å². The Labute approximate surface area is 179 Å². The quantitative estimate of drug-likeness (QED) is 0.680. The predicted octanol–water partition coefficient (Wildman–Crippen LogP) is 4.35. The number of rotatable bonds is 4. The second-order valence-corrected chi connectivity index (χ2v) is 11.2. The summed E-state index contributed by atoms with van der Waals surface area (Å²) in [5, 5.41) is 10.1. The molecule has 4 aliphatic carbocycles. The minimum Gasteiger partial charge on any atom is -0.481 e. The van der Waals surface area contributed by atoms with Gasteiger partial charge in [-0.15, -0.1) is 0 Å². The summed E-state index contributed by atoms with van der Waals surface area (Å²) >= 11 is 0. The van der Waals surface area contributed by atoms with Gasteiger partial charge >= 0.3 is 17.9 Å². The van der Waals surface area contributed by atoms with E-state index in [1.54, 1.807) is 0 Å². The fourth-order valence-electron chi connectivity index (χ4n) is 8.68. The molecule has 2 bridgehead atoms. The lowest BCUT2D eigenvalue weighted by molar-refractivity contribution is -0.183. The Balaban J connectivity index is 1.69. The molecule has 4 saturated carbocycles. The standard InChI is InChI=1S/C24H36O6/c1-15(25)29-14-24(30-16(2)26)13-23-11-8-18-21(3,19(23)7-6-17(24)12-23)9-5-10-22(18,4)20(27)28/h17-19H,5-14H2,1-4H3,(H,27,28)/t17-,18+,19+,21-,22-,23+,24+/m1/s1. The number of aliphatic carboxylic acids is 1. The predicted molar refractivity (Wildman–Crippen MR) is 109 cm³/mol. The molecule has 0 aliphatic heterocycles. The number of ether oxygens (including phenoxy) is 2. The molecule has 0 aromatic heterocycles. The van der Waals surface area contributed by atoms with Crippen LogP contribution in [0.5, 0.6) is 0 Å². The first kappa shape index (κ1) is 21.6. The van der Waals surface area contributed by atoms with Crippen LogP contribution in [0.25, 0.3) is 0 Å². The highest BCUT2D eigenvalue weighted by molar-refractivity contribution is 5.75. The van der Waals surface area contributed by atoms with Gasteiger partial charge in [0, 0.05) is 19.8 Å². The Morgan fingerprint density at radius 2 is 1.70 bits per heavy atom. The number of esters is 2. The van der Waals surface area contributed by atoms with Crippen molar-refractivity contribution in [3.63, 3.8) is 0 Å². The van der Waals surface area contributed by atoms with E-state index in [1.807, 2.05) is 6.92 Å². The van der Waals surface area contributed by atoms with Crippen LogP contribution in [0.2, 0.25) is 0 Å². The van der Waals surface area contributed by atoms with E-state index in [4.69, 9.17) is 9.47 Å². The van der Waals surface area contributed by atoms with E-state index in [0.29, 0.717) is 5.92 Å². The van der Waals surface area contributed by atoms with E-state index in [0.717, 1.165) is 57.8 Å². The molecule has 168 valence electrons. The van der Waals surface area contributed by atoms with Gasteiger partial charge in [0.2, 0.25) is 0 Å². The molecule has 0 radical (unpaired) electrons. The van der Waals surface area contributed by atoms with Crippen LogP contribution in [-0.4, -0.2) is 35.2 Å². The molecule has 1 N–H and O–H groups in total. The highest BCUT2D eigenvalue weighted by Gasteiger charge is 2.69. The third-order valence-electron chi connectivity index (χ3n) is 9.65. The lowest BCUT2D eigenvalue weighted by atomic mass is 9.41. The van der Waals surface area contributed by atoms with Crippen molar-refractivity contribution >= 4 is 17.9 Å². The summed E-state index contributed by atoms with van der Waals surface area (Å²) in [4.78, 5) is 35.8. The summed E-state index contributed by atoms with van der Waals surface area (Å²) in [5.41, 5.74) is -1.36. The van der Waals surface area contributed by atoms with E-state index in [1.165, 1.54) is 13.8 Å². The summed E-state index contributed by atoms with van der Waals surface area (Å²) in [6, 6.07) is 0. The summed E-state index contributed by atoms with van der Waals surface area (Å²) in [7, 11) is 0. The molecule has 4 rings (SSSR count). The minimum atomic E-state index is -0.736. The smallest absolute Gasteiger partial charge is 0.309 e. The van der Waals surface area contributed by atoms with Gasteiger partial charge in [-0.1, -0.05) is 13.3 Å². The topological polar surface area (TPSA) is 89.9 Å². The number of carbonyl (C=O) groups excluding carboxylic acids is 2. The summed E-state index contributed by atoms with van der Waals surface area (Å²) < 4.78 is 11.4. The number of carboxylic acid groups (broad SMARTS) is 1. The lowest BCUT2D eigenvalue weighted by Crippen LogP contribution is -2.58. The molecule has 30 heavy (non-hydrogen) atoms. The summed E-state index contributed by atoms with van der Waals surface area (Å²) in [5.74, 6) is -0.518. The van der Waals surface area contributed by atoms with Crippen molar-refractivity contribution in [1.29, 1.82) is 0 Å². The van der Waals surface area contributed by atoms with Crippen molar-refractivity contribution in [2.45, 2.75) is 91.1 Å². The number of hydrogen-bond acceptors (Lipinski definition) is 5. The van der Waals surface area contributed by atoms with Crippen LogP contribution >= 0.6 is 0 Å². The molecule has 0 amide bonds. The maximum absolute atomic E-state index is 12.3. The van der Waals surface area contributed by atoms with Crippen LogP contribution in [0, 0.1) is 34.0 Å². The summed E-state index contributed by atoms with van der Waals surface area (Å²) in [6.07, 6.45) is 8.36. The van der Waals surface area contributed by atoms with E-state index in [2.05, 4.69) is 6.92 Å². The van der Waals surface area contributed by atoms with Gasteiger partial charge in [0.1, 0.15) is 12.2 Å². The molecule has 4 aliphatic rings. The Bertz CT molecular complexity index is 763. The molecule has 6 nitrogen and oxygen atoms in total. The SMILES string of the molecule is CC(=O)OC[C@@]1(OC(C)=O)C[C@@]23CC[C@H]4[C@@](C)(CCC[C@@]4(C)C(=O)O)[C@@H]2CC[C@@H]1C3. The normalized spacial score (nSPS) is 47.0. The third-order valence-corrected chi connectivity index (χ3v) is 9.65. The lowest BCUT2D eigenvalue weighted by Gasteiger charge is -2.63. The van der Waals surface area contributed by atoms with Crippen LogP contribution in [0.1, 0.15) is 85.5 Å². The first-order valence-corrected chi connectivity index (χ1v) is 11.5. The van der Waals surface area contributed by atoms with E-state index in [-0.39, 0.29) is 41.2 Å². The van der Waals surface area contributed by atoms with Crippen LogP contribution in [0.4, 0.5) is 0 Å².